The molecule has 3 aromatic carbocycles. The molecular formula is C23H21BrCl2FNO2. The number of hydrogen-bond donors (Lipinski definition) is 1. The summed E-state index contributed by atoms with van der Waals surface area (Å²) in [6.07, 6.45) is 0.588. The molecule has 3 aromatic rings. The van der Waals surface area contributed by atoms with Gasteiger partial charge in [0.15, 0.2) is 11.5 Å². The smallest absolute Gasteiger partial charge is 0.167 e. The predicted molar refractivity (Wildman–Crippen MR) is 123 cm³/mol. The largest absolute Gasteiger partial charge is 0.493 e. The molecule has 3 rings (SSSR count). The maximum absolute atomic E-state index is 13.8. The summed E-state index contributed by atoms with van der Waals surface area (Å²) >= 11 is 15.8. The number of methoxy groups -OCH3 is 1. The quantitative estimate of drug-likeness (QED) is 0.319. The molecule has 1 N–H and O–H groups in total. The first-order valence-electron chi connectivity index (χ1n) is 9.35. The Morgan fingerprint density at radius 1 is 1.03 bits per heavy atom. The van der Waals surface area contributed by atoms with Crippen LogP contribution in [0.2, 0.25) is 10.0 Å². The third-order valence-electron chi connectivity index (χ3n) is 4.60. The lowest BCUT2D eigenvalue weighted by Crippen LogP contribution is -2.18. The van der Waals surface area contributed by atoms with Gasteiger partial charge in [-0.15, -0.1) is 0 Å². The zero-order chi connectivity index (χ0) is 21.5. The third kappa shape index (κ3) is 5.88. The molecule has 0 amide bonds. The van der Waals surface area contributed by atoms with Crippen LogP contribution in [0.25, 0.3) is 0 Å². The van der Waals surface area contributed by atoms with E-state index >= 15 is 0 Å². The molecule has 0 spiro atoms. The minimum absolute atomic E-state index is 0.189. The molecule has 0 aliphatic rings. The Balaban J connectivity index is 1.71. The van der Waals surface area contributed by atoms with E-state index < -0.39 is 0 Å². The van der Waals surface area contributed by atoms with Gasteiger partial charge in [0, 0.05) is 32.2 Å². The van der Waals surface area contributed by atoms with Gasteiger partial charge in [0.1, 0.15) is 12.4 Å². The SMILES string of the molecule is COc1ccc(Br)c(CNCCc2ccccc2F)c1OCc1ccc(Cl)cc1Cl. The lowest BCUT2D eigenvalue weighted by atomic mass is 10.1. The second-order valence-electron chi connectivity index (χ2n) is 6.60. The Morgan fingerprint density at radius 3 is 2.57 bits per heavy atom. The summed E-state index contributed by atoms with van der Waals surface area (Å²) < 4.78 is 26.3. The molecule has 0 aromatic heterocycles. The Hall–Kier alpha value is -1.79. The lowest BCUT2D eigenvalue weighted by Gasteiger charge is -2.18. The predicted octanol–water partition coefficient (Wildman–Crippen LogP) is 6.81. The third-order valence-corrected chi connectivity index (χ3v) is 5.93. The van der Waals surface area contributed by atoms with Crippen molar-refractivity contribution in [2.45, 2.75) is 19.6 Å². The monoisotopic (exact) mass is 511 g/mol. The van der Waals surface area contributed by atoms with Crippen LogP contribution in [0, 0.1) is 5.82 Å². The van der Waals surface area contributed by atoms with Crippen LogP contribution >= 0.6 is 39.1 Å². The van der Waals surface area contributed by atoms with Crippen molar-refractivity contribution in [2.75, 3.05) is 13.7 Å². The molecule has 0 heterocycles. The zero-order valence-electron chi connectivity index (χ0n) is 16.4. The summed E-state index contributed by atoms with van der Waals surface area (Å²) in [5, 5.41) is 4.47. The molecule has 7 heteroatoms. The number of nitrogens with one attached hydrogen (secondary N) is 1. The maximum Gasteiger partial charge on any atom is 0.167 e. The van der Waals surface area contributed by atoms with E-state index in [1.807, 2.05) is 24.3 Å². The van der Waals surface area contributed by atoms with Gasteiger partial charge in [-0.25, -0.2) is 4.39 Å². The molecule has 0 bridgehead atoms. The van der Waals surface area contributed by atoms with Crippen LogP contribution in [-0.2, 0) is 19.6 Å². The van der Waals surface area contributed by atoms with Crippen molar-refractivity contribution in [3.63, 3.8) is 0 Å². The van der Waals surface area contributed by atoms with Gasteiger partial charge in [-0.05, 0) is 48.9 Å². The van der Waals surface area contributed by atoms with Gasteiger partial charge in [-0.1, -0.05) is 63.4 Å². The van der Waals surface area contributed by atoms with Crippen LogP contribution in [0.3, 0.4) is 0 Å². The molecule has 0 saturated heterocycles. The number of ether oxygens (including phenoxy) is 2. The first-order valence-corrected chi connectivity index (χ1v) is 10.9. The van der Waals surface area contributed by atoms with Gasteiger partial charge in [0.05, 0.1) is 7.11 Å². The molecule has 3 nitrogen and oxygen atoms in total. The Bertz CT molecular complexity index is 1020. The second kappa shape index (κ2) is 11.0. The first-order chi connectivity index (χ1) is 14.5. The summed E-state index contributed by atoms with van der Waals surface area (Å²) in [5.74, 6) is 1.05. The molecule has 0 fully saturated rings. The highest BCUT2D eigenvalue weighted by Crippen LogP contribution is 2.37. The van der Waals surface area contributed by atoms with Gasteiger partial charge >= 0.3 is 0 Å². The fourth-order valence-corrected chi connectivity index (χ4v) is 3.91. The standard InChI is InChI=1S/C23H21BrCl2FNO2/c1-29-22-9-8-19(24)18(13-28-11-10-15-4-2-3-5-21(15)27)23(22)30-14-16-6-7-17(25)12-20(16)26/h2-9,12,28H,10-11,13-14H2,1H3. The first kappa shape index (κ1) is 22.9. The molecule has 0 unspecified atom stereocenters. The van der Waals surface area contributed by atoms with Gasteiger partial charge in [0.25, 0.3) is 0 Å². The van der Waals surface area contributed by atoms with Crippen LogP contribution in [0.4, 0.5) is 4.39 Å². The number of hydrogen-bond acceptors (Lipinski definition) is 3. The lowest BCUT2D eigenvalue weighted by molar-refractivity contribution is 0.280. The minimum Gasteiger partial charge on any atom is -0.493 e. The average molecular weight is 513 g/mol. The fraction of sp³-hybridized carbons (Fsp3) is 0.217. The molecule has 0 saturated carbocycles. The van der Waals surface area contributed by atoms with Crippen molar-refractivity contribution >= 4 is 39.1 Å². The van der Waals surface area contributed by atoms with Crippen molar-refractivity contribution in [3.05, 3.63) is 91.6 Å². The van der Waals surface area contributed by atoms with E-state index in [9.17, 15) is 4.39 Å². The fourth-order valence-electron chi connectivity index (χ4n) is 2.99. The summed E-state index contributed by atoms with van der Waals surface area (Å²) in [4.78, 5) is 0. The second-order valence-corrected chi connectivity index (χ2v) is 8.30. The van der Waals surface area contributed by atoms with Crippen LogP contribution in [-0.4, -0.2) is 13.7 Å². The van der Waals surface area contributed by atoms with Crippen molar-refractivity contribution < 1.29 is 13.9 Å². The van der Waals surface area contributed by atoms with E-state index in [0.29, 0.717) is 46.6 Å². The van der Waals surface area contributed by atoms with Gasteiger partial charge in [-0.3, -0.25) is 0 Å². The van der Waals surface area contributed by atoms with Crippen LogP contribution in [0.5, 0.6) is 11.5 Å². The average Bonchev–Trinajstić information content (AvgIpc) is 2.73. The van der Waals surface area contributed by atoms with E-state index in [4.69, 9.17) is 32.7 Å². The van der Waals surface area contributed by atoms with E-state index in [-0.39, 0.29) is 12.4 Å². The number of benzene rings is 3. The van der Waals surface area contributed by atoms with Gasteiger partial charge in [0.2, 0.25) is 0 Å². The zero-order valence-corrected chi connectivity index (χ0v) is 19.5. The van der Waals surface area contributed by atoms with Crippen molar-refractivity contribution in [2.24, 2.45) is 0 Å². The van der Waals surface area contributed by atoms with Gasteiger partial charge < -0.3 is 14.8 Å². The summed E-state index contributed by atoms with van der Waals surface area (Å²) in [6.45, 7) is 1.41. The molecular weight excluding hydrogens is 492 g/mol. The Labute approximate surface area is 194 Å². The van der Waals surface area contributed by atoms with E-state index in [1.165, 1.54) is 6.07 Å². The highest BCUT2D eigenvalue weighted by Gasteiger charge is 2.15. The van der Waals surface area contributed by atoms with Crippen LogP contribution in [0.1, 0.15) is 16.7 Å². The molecule has 158 valence electrons. The van der Waals surface area contributed by atoms with Crippen molar-refractivity contribution in [3.8, 4) is 11.5 Å². The van der Waals surface area contributed by atoms with Gasteiger partial charge in [-0.2, -0.15) is 0 Å². The molecule has 0 aliphatic heterocycles. The van der Waals surface area contributed by atoms with E-state index in [0.717, 1.165) is 15.6 Å². The summed E-state index contributed by atoms with van der Waals surface area (Å²) in [6, 6.07) is 15.8. The van der Waals surface area contributed by atoms with Crippen molar-refractivity contribution in [1.29, 1.82) is 0 Å². The normalized spacial score (nSPS) is 10.8. The van der Waals surface area contributed by atoms with E-state index in [1.54, 1.807) is 31.4 Å². The highest BCUT2D eigenvalue weighted by molar-refractivity contribution is 9.10. The summed E-state index contributed by atoms with van der Waals surface area (Å²) in [7, 11) is 1.60. The molecule has 30 heavy (non-hydrogen) atoms. The maximum atomic E-state index is 13.8. The number of rotatable bonds is 9. The van der Waals surface area contributed by atoms with E-state index in [2.05, 4.69) is 21.2 Å². The topological polar surface area (TPSA) is 30.5 Å². The highest BCUT2D eigenvalue weighted by atomic mass is 79.9. The molecule has 0 radical (unpaired) electrons. The van der Waals surface area contributed by atoms with Crippen LogP contribution in [0.15, 0.2) is 59.1 Å². The van der Waals surface area contributed by atoms with Crippen molar-refractivity contribution in [1.82, 2.24) is 5.32 Å². The summed E-state index contributed by atoms with van der Waals surface area (Å²) in [5.41, 5.74) is 2.41. The molecule has 0 aliphatic carbocycles. The van der Waals surface area contributed by atoms with Crippen LogP contribution < -0.4 is 14.8 Å². The number of halogens is 4. The Morgan fingerprint density at radius 2 is 1.83 bits per heavy atom. The Kier molecular flexibility index (Phi) is 8.40. The molecule has 0 atom stereocenters. The minimum atomic E-state index is -0.189.